The van der Waals surface area contributed by atoms with Gasteiger partial charge in [0.2, 0.25) is 4.77 Å². The number of H-pyrrole nitrogens is 1. The smallest absolute Gasteiger partial charge is 0.269 e. The van der Waals surface area contributed by atoms with Gasteiger partial charge >= 0.3 is 0 Å². The number of nitro groups is 1. The highest BCUT2D eigenvalue weighted by atomic mass is 32.1. The molecule has 3 aromatic rings. The Morgan fingerprint density at radius 3 is 2.79 bits per heavy atom. The van der Waals surface area contributed by atoms with Gasteiger partial charge in [-0.2, -0.15) is 14.9 Å². The maximum Gasteiger partial charge on any atom is 0.269 e. The van der Waals surface area contributed by atoms with Gasteiger partial charge in [0.15, 0.2) is 5.82 Å². The zero-order chi connectivity index (χ0) is 17.1. The summed E-state index contributed by atoms with van der Waals surface area (Å²) in [6.07, 6.45) is 2.23. The summed E-state index contributed by atoms with van der Waals surface area (Å²) >= 11 is 5.12. The fourth-order valence-electron chi connectivity index (χ4n) is 2.11. The van der Waals surface area contributed by atoms with Crippen molar-refractivity contribution in [3.63, 3.8) is 0 Å². The van der Waals surface area contributed by atoms with Crippen molar-refractivity contribution in [3.05, 3.63) is 62.9 Å². The molecule has 122 valence electrons. The van der Waals surface area contributed by atoms with Crippen LogP contribution < -0.4 is 0 Å². The zero-order valence-corrected chi connectivity index (χ0v) is 13.5. The van der Waals surface area contributed by atoms with E-state index in [4.69, 9.17) is 16.6 Å². The Morgan fingerprint density at radius 2 is 2.12 bits per heavy atom. The summed E-state index contributed by atoms with van der Waals surface area (Å²) in [5.74, 6) is 1.85. The van der Waals surface area contributed by atoms with E-state index in [1.807, 2.05) is 6.92 Å². The molecule has 3 rings (SSSR count). The Balaban J connectivity index is 1.83. The molecular formula is C15H13N5O3S. The van der Waals surface area contributed by atoms with Crippen molar-refractivity contribution in [2.24, 2.45) is 5.10 Å². The van der Waals surface area contributed by atoms with Gasteiger partial charge in [-0.05, 0) is 36.5 Å². The molecule has 1 N–H and O–H groups in total. The van der Waals surface area contributed by atoms with Crippen LogP contribution in [0.2, 0.25) is 0 Å². The Morgan fingerprint density at radius 1 is 1.38 bits per heavy atom. The lowest BCUT2D eigenvalue weighted by Crippen LogP contribution is -1.96. The second kappa shape index (κ2) is 6.59. The van der Waals surface area contributed by atoms with Gasteiger partial charge in [0.1, 0.15) is 11.5 Å². The van der Waals surface area contributed by atoms with Crippen molar-refractivity contribution in [1.82, 2.24) is 14.9 Å². The maximum atomic E-state index is 10.7. The molecule has 0 unspecified atom stereocenters. The van der Waals surface area contributed by atoms with E-state index >= 15 is 0 Å². The quantitative estimate of drug-likeness (QED) is 0.330. The molecule has 8 nitrogen and oxygen atoms in total. The minimum atomic E-state index is -0.441. The first-order valence-electron chi connectivity index (χ1n) is 7.14. The van der Waals surface area contributed by atoms with Gasteiger partial charge in [0.05, 0.1) is 11.1 Å². The van der Waals surface area contributed by atoms with E-state index in [0.717, 1.165) is 11.4 Å². The highest BCUT2D eigenvalue weighted by Crippen LogP contribution is 2.24. The normalized spacial score (nSPS) is 11.2. The lowest BCUT2D eigenvalue weighted by atomic mass is 10.1. The SMILES string of the molecule is CCc1n[nH]c(=S)n1/N=C\c1ccc(-c2ccc([N+](=O)[O-])cc2)o1. The van der Waals surface area contributed by atoms with Gasteiger partial charge < -0.3 is 4.42 Å². The highest BCUT2D eigenvalue weighted by Gasteiger charge is 2.08. The lowest BCUT2D eigenvalue weighted by Gasteiger charge is -1.97. The van der Waals surface area contributed by atoms with Crippen molar-refractivity contribution < 1.29 is 9.34 Å². The molecule has 0 saturated heterocycles. The van der Waals surface area contributed by atoms with Crippen LogP contribution in [-0.4, -0.2) is 26.0 Å². The van der Waals surface area contributed by atoms with Gasteiger partial charge in [-0.3, -0.25) is 15.2 Å². The largest absolute Gasteiger partial charge is 0.455 e. The number of benzene rings is 1. The highest BCUT2D eigenvalue weighted by molar-refractivity contribution is 7.71. The molecule has 0 fully saturated rings. The Bertz CT molecular complexity index is 952. The predicted octanol–water partition coefficient (Wildman–Crippen LogP) is 3.55. The molecule has 0 radical (unpaired) electrons. The number of non-ortho nitro benzene ring substituents is 1. The molecule has 2 heterocycles. The number of aryl methyl sites for hydroxylation is 1. The number of nitrogens with one attached hydrogen (secondary N) is 1. The van der Waals surface area contributed by atoms with Crippen LogP contribution in [0.3, 0.4) is 0 Å². The Hall–Kier alpha value is -3.07. The van der Waals surface area contributed by atoms with E-state index in [0.29, 0.717) is 22.7 Å². The number of furan rings is 1. The summed E-state index contributed by atoms with van der Waals surface area (Å²) in [4.78, 5) is 10.2. The van der Waals surface area contributed by atoms with Crippen molar-refractivity contribution in [1.29, 1.82) is 0 Å². The molecule has 1 aromatic carbocycles. The Kier molecular flexibility index (Phi) is 4.34. The average Bonchev–Trinajstić information content (AvgIpc) is 3.19. The fourth-order valence-corrected chi connectivity index (χ4v) is 2.31. The number of aromatic nitrogens is 3. The van der Waals surface area contributed by atoms with Crippen LogP contribution in [-0.2, 0) is 6.42 Å². The van der Waals surface area contributed by atoms with Gasteiger partial charge in [0.25, 0.3) is 5.69 Å². The van der Waals surface area contributed by atoms with Gasteiger partial charge in [-0.25, -0.2) is 0 Å². The van der Waals surface area contributed by atoms with E-state index in [1.165, 1.54) is 16.8 Å². The summed E-state index contributed by atoms with van der Waals surface area (Å²) in [6.45, 7) is 1.95. The third-order valence-corrected chi connectivity index (χ3v) is 3.59. The number of nitro benzene ring substituents is 1. The third-order valence-electron chi connectivity index (χ3n) is 3.32. The first kappa shape index (κ1) is 15.8. The average molecular weight is 343 g/mol. The summed E-state index contributed by atoms with van der Waals surface area (Å²) in [7, 11) is 0. The molecule has 0 atom stereocenters. The topological polar surface area (TPSA) is 102 Å². The Labute approximate surface area is 141 Å². The van der Waals surface area contributed by atoms with Crippen molar-refractivity contribution >= 4 is 24.1 Å². The molecule has 0 spiro atoms. The van der Waals surface area contributed by atoms with E-state index < -0.39 is 4.92 Å². The number of hydrogen-bond donors (Lipinski definition) is 1. The molecule has 9 heteroatoms. The number of rotatable bonds is 5. The van der Waals surface area contributed by atoms with Crippen LogP contribution in [0.5, 0.6) is 0 Å². The minimum absolute atomic E-state index is 0.0357. The molecule has 0 amide bonds. The van der Waals surface area contributed by atoms with Gasteiger partial charge in [0, 0.05) is 24.1 Å². The molecule has 24 heavy (non-hydrogen) atoms. The van der Waals surface area contributed by atoms with Crippen LogP contribution in [0.4, 0.5) is 5.69 Å². The molecule has 0 aliphatic rings. The van der Waals surface area contributed by atoms with Gasteiger partial charge in [-0.15, -0.1) is 0 Å². The number of aromatic amines is 1. The molecule has 0 bridgehead atoms. The van der Waals surface area contributed by atoms with E-state index in [2.05, 4.69) is 15.3 Å². The van der Waals surface area contributed by atoms with Crippen molar-refractivity contribution in [3.8, 4) is 11.3 Å². The van der Waals surface area contributed by atoms with Crippen LogP contribution in [0, 0.1) is 14.9 Å². The van der Waals surface area contributed by atoms with E-state index in [1.54, 1.807) is 30.5 Å². The van der Waals surface area contributed by atoms with Crippen molar-refractivity contribution in [2.75, 3.05) is 0 Å². The monoisotopic (exact) mass is 343 g/mol. The van der Waals surface area contributed by atoms with Crippen LogP contribution in [0.1, 0.15) is 18.5 Å². The second-order valence-electron chi connectivity index (χ2n) is 4.86. The standard InChI is InChI=1S/C15H13N5O3S/c1-2-14-17-18-15(24)19(14)16-9-12-7-8-13(23-12)10-3-5-11(6-4-10)20(21)22/h3-9H,2H2,1H3,(H,18,24)/b16-9-. The van der Waals surface area contributed by atoms with Crippen LogP contribution >= 0.6 is 12.2 Å². The number of nitrogens with zero attached hydrogens (tertiary/aromatic N) is 4. The first-order chi connectivity index (χ1) is 11.6. The third kappa shape index (κ3) is 3.15. The zero-order valence-electron chi connectivity index (χ0n) is 12.7. The van der Waals surface area contributed by atoms with Gasteiger partial charge in [-0.1, -0.05) is 6.92 Å². The van der Waals surface area contributed by atoms with E-state index in [-0.39, 0.29) is 5.69 Å². The maximum absolute atomic E-state index is 10.7. The predicted molar refractivity (Wildman–Crippen MR) is 90.6 cm³/mol. The molecule has 0 aliphatic heterocycles. The number of hydrogen-bond acceptors (Lipinski definition) is 6. The summed E-state index contributed by atoms with van der Waals surface area (Å²) < 4.78 is 7.62. The van der Waals surface area contributed by atoms with Crippen molar-refractivity contribution in [2.45, 2.75) is 13.3 Å². The summed E-state index contributed by atoms with van der Waals surface area (Å²) in [5.41, 5.74) is 0.780. The second-order valence-corrected chi connectivity index (χ2v) is 5.25. The van der Waals surface area contributed by atoms with E-state index in [9.17, 15) is 10.1 Å². The lowest BCUT2D eigenvalue weighted by molar-refractivity contribution is -0.384. The molecule has 2 aromatic heterocycles. The summed E-state index contributed by atoms with van der Waals surface area (Å²) in [5, 5.41) is 21.7. The molecule has 0 aliphatic carbocycles. The van der Waals surface area contributed by atoms with Crippen LogP contribution in [0.15, 0.2) is 45.9 Å². The fraction of sp³-hybridized carbons (Fsp3) is 0.133. The summed E-state index contributed by atoms with van der Waals surface area (Å²) in [6, 6.07) is 9.68. The molecular weight excluding hydrogens is 330 g/mol. The molecule has 0 saturated carbocycles. The van der Waals surface area contributed by atoms with Crippen LogP contribution in [0.25, 0.3) is 11.3 Å². The first-order valence-corrected chi connectivity index (χ1v) is 7.54. The minimum Gasteiger partial charge on any atom is -0.455 e.